The molecule has 0 unspecified atom stereocenters. The average molecular weight is 409 g/mol. The van der Waals surface area contributed by atoms with Gasteiger partial charge in [0.25, 0.3) is 0 Å². The summed E-state index contributed by atoms with van der Waals surface area (Å²) in [6.07, 6.45) is 4.95. The first-order chi connectivity index (χ1) is 18.6. The second-order valence-corrected chi connectivity index (χ2v) is 5.40. The zero-order valence-corrected chi connectivity index (χ0v) is 14.8. The number of benzene rings is 2. The lowest BCUT2D eigenvalue weighted by molar-refractivity contribution is -0.110. The molecular formula is C23H24O6. The van der Waals surface area contributed by atoms with Crippen LogP contribution in [0, 0.1) is 0 Å². The minimum absolute atomic E-state index is 0.00310. The van der Waals surface area contributed by atoms with Gasteiger partial charge in [-0.2, -0.15) is 0 Å². The normalized spacial score (nSPS) is 19.5. The van der Waals surface area contributed by atoms with Gasteiger partial charge in [-0.05, 0) is 36.4 Å². The number of methoxy groups -OCH3 is 4. The standard InChI is InChI=1S/C23H24O6/c1-26-20-9-5-7-16(22(20)28-3)11-13-18(24)15-19(25)14-12-17-8-6-10-21(27-2)23(17)29-4/h5-15,24H,1-4H3/b13-11+,14-12+,18-15-/i1D3,2D3,3D3,4D3. The third kappa shape index (κ3) is 5.65. The lowest BCUT2D eigenvalue weighted by Crippen LogP contribution is -1.94. The van der Waals surface area contributed by atoms with Crippen molar-refractivity contribution in [3.63, 3.8) is 0 Å². The number of ketones is 1. The van der Waals surface area contributed by atoms with Gasteiger partial charge >= 0.3 is 0 Å². The number of aliphatic hydroxyl groups excluding tert-OH is 1. The van der Waals surface area contributed by atoms with Crippen LogP contribution >= 0.6 is 0 Å². The lowest BCUT2D eigenvalue weighted by Gasteiger charge is -2.09. The predicted molar refractivity (Wildman–Crippen MR) is 113 cm³/mol. The smallest absolute Gasteiger partial charge is 0.182 e. The Balaban J connectivity index is 2.35. The van der Waals surface area contributed by atoms with Crippen molar-refractivity contribution >= 4 is 17.9 Å². The lowest BCUT2D eigenvalue weighted by atomic mass is 10.1. The molecule has 0 atom stereocenters. The number of ether oxygens (including phenoxy) is 4. The van der Waals surface area contributed by atoms with Crippen molar-refractivity contribution in [2.24, 2.45) is 0 Å². The van der Waals surface area contributed by atoms with E-state index in [4.69, 9.17) is 35.4 Å². The van der Waals surface area contributed by atoms with Crippen molar-refractivity contribution in [2.75, 3.05) is 28.2 Å². The van der Waals surface area contributed by atoms with Crippen LogP contribution in [-0.4, -0.2) is 39.0 Å². The fourth-order valence-electron chi connectivity index (χ4n) is 2.30. The van der Waals surface area contributed by atoms with Gasteiger partial charge in [-0.15, -0.1) is 0 Å². The minimum atomic E-state index is -2.97. The van der Waals surface area contributed by atoms with Gasteiger partial charge in [0.1, 0.15) is 5.76 Å². The highest BCUT2D eigenvalue weighted by Gasteiger charge is 2.08. The molecule has 0 aromatic heterocycles. The van der Waals surface area contributed by atoms with E-state index in [2.05, 4.69) is 0 Å². The van der Waals surface area contributed by atoms with Gasteiger partial charge in [-0.1, -0.05) is 24.3 Å². The van der Waals surface area contributed by atoms with E-state index in [1.165, 1.54) is 36.4 Å². The van der Waals surface area contributed by atoms with Crippen molar-refractivity contribution in [2.45, 2.75) is 0 Å². The summed E-state index contributed by atoms with van der Waals surface area (Å²) in [5.74, 6) is -3.11. The first-order valence-corrected chi connectivity index (χ1v) is 7.95. The van der Waals surface area contributed by atoms with E-state index in [0.717, 1.165) is 30.4 Å². The molecule has 2 aromatic rings. The molecule has 0 aliphatic heterocycles. The molecule has 0 saturated carbocycles. The topological polar surface area (TPSA) is 74.2 Å². The summed E-state index contributed by atoms with van der Waals surface area (Å²) in [6, 6.07) is 7.73. The number of hydrogen-bond donors (Lipinski definition) is 1. The van der Waals surface area contributed by atoms with Crippen LogP contribution in [0.2, 0.25) is 0 Å². The van der Waals surface area contributed by atoms with Crippen LogP contribution in [0.25, 0.3) is 12.2 Å². The molecule has 0 aliphatic carbocycles. The molecule has 0 bridgehead atoms. The second kappa shape index (κ2) is 10.6. The van der Waals surface area contributed by atoms with Crippen LogP contribution in [0.15, 0.2) is 60.4 Å². The first-order valence-electron chi connectivity index (χ1n) is 13.9. The zero-order chi connectivity index (χ0) is 31.2. The number of para-hydroxylation sites is 2. The third-order valence-electron chi connectivity index (χ3n) is 3.59. The van der Waals surface area contributed by atoms with Gasteiger partial charge in [-0.25, -0.2) is 0 Å². The quantitative estimate of drug-likeness (QED) is 0.375. The number of carbonyl (C=O) groups excluding carboxylic acids is 1. The van der Waals surface area contributed by atoms with E-state index < -0.39 is 62.7 Å². The number of rotatable bonds is 9. The molecule has 0 fully saturated rings. The maximum absolute atomic E-state index is 12.4. The van der Waals surface area contributed by atoms with Crippen molar-refractivity contribution < 1.29 is 45.3 Å². The number of hydrogen-bond acceptors (Lipinski definition) is 6. The molecule has 0 radical (unpaired) electrons. The fraction of sp³-hybridized carbons (Fsp3) is 0.174. The van der Waals surface area contributed by atoms with E-state index in [9.17, 15) is 9.90 Å². The largest absolute Gasteiger partial charge is 0.508 e. The van der Waals surface area contributed by atoms with Gasteiger partial charge in [0.05, 0.1) is 44.6 Å². The fourth-order valence-corrected chi connectivity index (χ4v) is 2.30. The second-order valence-electron chi connectivity index (χ2n) is 5.40. The summed E-state index contributed by atoms with van der Waals surface area (Å²) in [5.41, 5.74) is -0.0134. The number of allylic oxidation sites excluding steroid dienone is 3. The van der Waals surface area contributed by atoms with Crippen LogP contribution in [0.1, 0.15) is 27.6 Å². The highest BCUT2D eigenvalue weighted by molar-refractivity contribution is 6.02. The number of carbonyl (C=O) groups is 1. The predicted octanol–water partition coefficient (Wildman–Crippen LogP) is 4.46. The Morgan fingerprint density at radius 2 is 1.34 bits per heavy atom. The molecule has 152 valence electrons. The highest BCUT2D eigenvalue weighted by atomic mass is 16.5. The van der Waals surface area contributed by atoms with Gasteiger partial charge < -0.3 is 24.1 Å². The molecule has 29 heavy (non-hydrogen) atoms. The SMILES string of the molecule is [2H]C([2H])([2H])Oc1cccc(/C=C/C(=O)/C=C(O)/C=C/c2cccc(OC([2H])([2H])[2H])c2OC([2H])([2H])[2H])c1OC([2H])([2H])[2H]. The Bertz CT molecular complexity index is 1320. The molecule has 0 amide bonds. The van der Waals surface area contributed by atoms with Gasteiger partial charge in [0.2, 0.25) is 0 Å². The summed E-state index contributed by atoms with van der Waals surface area (Å²) >= 11 is 0. The van der Waals surface area contributed by atoms with E-state index in [1.54, 1.807) is 0 Å². The summed E-state index contributed by atoms with van der Waals surface area (Å²) < 4.78 is 107. The third-order valence-corrected chi connectivity index (χ3v) is 3.59. The van der Waals surface area contributed by atoms with Crippen LogP contribution in [0.5, 0.6) is 23.0 Å². The minimum Gasteiger partial charge on any atom is -0.508 e. The molecule has 2 aromatic carbocycles. The van der Waals surface area contributed by atoms with Gasteiger partial charge in [-0.3, -0.25) is 4.79 Å². The highest BCUT2D eigenvalue weighted by Crippen LogP contribution is 2.32. The maximum atomic E-state index is 12.4. The van der Waals surface area contributed by atoms with E-state index in [0.29, 0.717) is 0 Å². The molecule has 0 saturated heterocycles. The first kappa shape index (κ1) is 10.2. The number of aliphatic hydroxyl groups is 1. The molecule has 0 spiro atoms. The van der Waals surface area contributed by atoms with Crippen LogP contribution < -0.4 is 18.9 Å². The Morgan fingerprint density at radius 3 is 1.86 bits per heavy atom. The van der Waals surface area contributed by atoms with Crippen molar-refractivity contribution in [3.8, 4) is 23.0 Å². The van der Waals surface area contributed by atoms with Crippen LogP contribution in [-0.2, 0) is 4.79 Å². The Labute approximate surface area is 187 Å². The van der Waals surface area contributed by atoms with Crippen molar-refractivity contribution in [1.29, 1.82) is 0 Å². The molecule has 0 aliphatic rings. The summed E-state index contributed by atoms with van der Waals surface area (Å²) in [7, 11) is -11.8. The maximum Gasteiger partial charge on any atom is 0.182 e. The monoisotopic (exact) mass is 408 g/mol. The molecule has 0 heterocycles. The summed E-state index contributed by atoms with van der Waals surface area (Å²) in [6.45, 7) is 0. The zero-order valence-electron chi connectivity index (χ0n) is 26.8. The van der Waals surface area contributed by atoms with E-state index >= 15 is 0 Å². The van der Waals surface area contributed by atoms with Gasteiger partial charge in [0.15, 0.2) is 28.8 Å². The summed E-state index contributed by atoms with van der Waals surface area (Å²) in [4.78, 5) is 12.4. The molecule has 6 heteroatoms. The Hall–Kier alpha value is -3.67. The molecule has 6 nitrogen and oxygen atoms in total. The molecular weight excluding hydrogens is 372 g/mol. The van der Waals surface area contributed by atoms with E-state index in [-0.39, 0.29) is 11.1 Å². The van der Waals surface area contributed by atoms with Crippen LogP contribution in [0.4, 0.5) is 0 Å². The van der Waals surface area contributed by atoms with Crippen LogP contribution in [0.3, 0.4) is 0 Å². The van der Waals surface area contributed by atoms with Gasteiger partial charge in [0, 0.05) is 17.2 Å². The van der Waals surface area contributed by atoms with E-state index in [1.807, 2.05) is 0 Å². The summed E-state index contributed by atoms with van der Waals surface area (Å²) in [5, 5.41) is 10.2. The Morgan fingerprint density at radius 1 is 0.828 bits per heavy atom. The van der Waals surface area contributed by atoms with Crippen molar-refractivity contribution in [1.82, 2.24) is 0 Å². The molecule has 2 rings (SSSR count). The van der Waals surface area contributed by atoms with Crippen molar-refractivity contribution in [3.05, 3.63) is 71.5 Å². The Kier molecular flexibility index (Phi) is 3.73. The average Bonchev–Trinajstić information content (AvgIpc) is 2.76. The molecule has 1 N–H and O–H groups in total.